The molecule has 1 aromatic heterocycles. The van der Waals surface area contributed by atoms with Gasteiger partial charge in [0, 0.05) is 11.0 Å². The third kappa shape index (κ3) is 2.35. The van der Waals surface area contributed by atoms with E-state index in [1.54, 1.807) is 7.11 Å². The summed E-state index contributed by atoms with van der Waals surface area (Å²) in [6.45, 7) is 7.73. The van der Waals surface area contributed by atoms with Gasteiger partial charge in [-0.05, 0) is 54.0 Å². The van der Waals surface area contributed by atoms with E-state index in [1.807, 2.05) is 35.0 Å². The zero-order valence-electron chi connectivity index (χ0n) is 17.6. The molecule has 3 aromatic rings. The van der Waals surface area contributed by atoms with Crippen molar-refractivity contribution in [1.29, 1.82) is 0 Å². The minimum absolute atomic E-state index is 0.0126. The highest BCUT2D eigenvalue weighted by Gasteiger charge is 2.62. The Hall–Kier alpha value is -2.75. The molecule has 5 rings (SSSR count). The molecule has 2 aromatic carbocycles. The molecular formula is C25H28N2O2. The number of nitrogens with zero attached hydrogens (tertiary/aromatic N) is 2. The number of hydrogen-bond donors (Lipinski definition) is 0. The average molecular weight is 389 g/mol. The lowest BCUT2D eigenvalue weighted by Gasteiger charge is -2.36. The summed E-state index contributed by atoms with van der Waals surface area (Å²) >= 11 is 0. The van der Waals surface area contributed by atoms with Crippen molar-refractivity contribution in [3.8, 4) is 11.4 Å². The molecule has 4 heteroatoms. The van der Waals surface area contributed by atoms with E-state index < -0.39 is 0 Å². The van der Waals surface area contributed by atoms with E-state index in [1.165, 1.54) is 11.3 Å². The number of hydrogen-bond acceptors (Lipinski definition) is 2. The molecule has 0 radical (unpaired) electrons. The first-order valence-corrected chi connectivity index (χ1v) is 10.4. The van der Waals surface area contributed by atoms with Crippen LogP contribution in [0.25, 0.3) is 5.69 Å². The summed E-state index contributed by atoms with van der Waals surface area (Å²) in [6, 6.07) is 18.2. The van der Waals surface area contributed by atoms with Crippen LogP contribution in [0.15, 0.2) is 59.4 Å². The van der Waals surface area contributed by atoms with E-state index in [4.69, 9.17) is 4.74 Å². The lowest BCUT2D eigenvalue weighted by Crippen LogP contribution is -2.36. The fourth-order valence-corrected chi connectivity index (χ4v) is 5.78. The molecule has 0 saturated heterocycles. The van der Waals surface area contributed by atoms with Gasteiger partial charge >= 0.3 is 0 Å². The Kier molecular flexibility index (Phi) is 3.86. The van der Waals surface area contributed by atoms with Crippen molar-refractivity contribution in [3.05, 3.63) is 81.8 Å². The van der Waals surface area contributed by atoms with E-state index in [0.717, 1.165) is 29.8 Å². The number of fused-ring (bicyclic) bond motifs is 5. The van der Waals surface area contributed by atoms with Gasteiger partial charge in [0.05, 0.1) is 25.0 Å². The van der Waals surface area contributed by atoms with Gasteiger partial charge in [0.15, 0.2) is 0 Å². The lowest BCUT2D eigenvalue weighted by molar-refractivity contribution is 0.216. The fourth-order valence-electron chi connectivity index (χ4n) is 5.78. The Morgan fingerprint density at radius 2 is 1.72 bits per heavy atom. The summed E-state index contributed by atoms with van der Waals surface area (Å²) in [4.78, 5) is 13.8. The molecule has 0 amide bonds. The summed E-state index contributed by atoms with van der Waals surface area (Å²) in [7, 11) is 1.66. The first-order valence-electron chi connectivity index (χ1n) is 10.4. The largest absolute Gasteiger partial charge is 0.497 e. The first-order chi connectivity index (χ1) is 13.9. The van der Waals surface area contributed by atoms with Crippen LogP contribution in [0, 0.1) is 5.41 Å². The predicted octanol–water partition coefficient (Wildman–Crippen LogP) is 4.87. The van der Waals surface area contributed by atoms with Crippen molar-refractivity contribution in [2.75, 3.05) is 7.11 Å². The third-order valence-corrected chi connectivity index (χ3v) is 7.77. The summed E-state index contributed by atoms with van der Waals surface area (Å²) in [6.07, 6.45) is 2.24. The van der Waals surface area contributed by atoms with Crippen molar-refractivity contribution in [1.82, 2.24) is 9.36 Å². The second kappa shape index (κ2) is 6.12. The summed E-state index contributed by atoms with van der Waals surface area (Å²) in [5.74, 6) is 1.13. The van der Waals surface area contributed by atoms with Gasteiger partial charge in [-0.15, -0.1) is 0 Å². The van der Waals surface area contributed by atoms with Gasteiger partial charge in [0.2, 0.25) is 0 Å². The molecule has 29 heavy (non-hydrogen) atoms. The van der Waals surface area contributed by atoms with Crippen molar-refractivity contribution in [2.24, 2.45) is 5.41 Å². The maximum Gasteiger partial charge on any atom is 0.275 e. The van der Waals surface area contributed by atoms with Gasteiger partial charge in [-0.1, -0.05) is 51.1 Å². The van der Waals surface area contributed by atoms with E-state index in [-0.39, 0.29) is 16.4 Å². The quantitative estimate of drug-likeness (QED) is 0.639. The Labute approximate surface area is 171 Å². The highest BCUT2D eigenvalue weighted by atomic mass is 16.5. The molecule has 4 nitrogen and oxygen atoms in total. The molecule has 150 valence electrons. The molecule has 0 N–H and O–H groups in total. The molecule has 0 spiro atoms. The topological polar surface area (TPSA) is 36.2 Å². The van der Waals surface area contributed by atoms with Crippen LogP contribution in [-0.4, -0.2) is 16.5 Å². The van der Waals surface area contributed by atoms with E-state index in [9.17, 15) is 4.79 Å². The number of methoxy groups -OCH3 is 1. The molecule has 2 aliphatic carbocycles. The van der Waals surface area contributed by atoms with Crippen LogP contribution in [0.2, 0.25) is 0 Å². The first kappa shape index (κ1) is 18.3. The van der Waals surface area contributed by atoms with E-state index in [2.05, 4.69) is 49.7 Å². The zero-order valence-corrected chi connectivity index (χ0v) is 17.6. The highest BCUT2D eigenvalue weighted by molar-refractivity contribution is 5.48. The van der Waals surface area contributed by atoms with Crippen LogP contribution >= 0.6 is 0 Å². The predicted molar refractivity (Wildman–Crippen MR) is 115 cm³/mol. The number of aromatic nitrogens is 2. The number of rotatable bonds is 4. The molecule has 0 aliphatic heterocycles. The van der Waals surface area contributed by atoms with E-state index >= 15 is 0 Å². The molecule has 0 unspecified atom stereocenters. The maximum absolute atomic E-state index is 13.8. The van der Waals surface area contributed by atoms with Gasteiger partial charge in [0.1, 0.15) is 5.75 Å². The molecular weight excluding hydrogens is 360 g/mol. The van der Waals surface area contributed by atoms with Crippen LogP contribution in [0.4, 0.5) is 0 Å². The van der Waals surface area contributed by atoms with E-state index in [0.29, 0.717) is 12.5 Å². The third-order valence-electron chi connectivity index (χ3n) is 7.77. The zero-order chi connectivity index (χ0) is 20.4. The van der Waals surface area contributed by atoms with Crippen LogP contribution < -0.4 is 10.3 Å². The molecule has 1 heterocycles. The second-order valence-corrected chi connectivity index (χ2v) is 9.27. The summed E-state index contributed by atoms with van der Waals surface area (Å²) in [5, 5.41) is 0. The molecule has 2 aliphatic rings. The van der Waals surface area contributed by atoms with Gasteiger partial charge in [-0.25, -0.2) is 4.68 Å². The van der Waals surface area contributed by atoms with Gasteiger partial charge in [-0.3, -0.25) is 9.48 Å². The van der Waals surface area contributed by atoms with Crippen molar-refractivity contribution in [2.45, 2.75) is 51.5 Å². The Bertz CT molecular complexity index is 1120. The average Bonchev–Trinajstić information content (AvgIpc) is 3.21. The van der Waals surface area contributed by atoms with Crippen molar-refractivity contribution in [3.63, 3.8) is 0 Å². The van der Waals surface area contributed by atoms with Crippen molar-refractivity contribution >= 4 is 0 Å². The molecule has 2 atom stereocenters. The summed E-state index contributed by atoms with van der Waals surface area (Å²) in [5.41, 5.74) is 4.63. The standard InChI is InChI=1S/C25H28N2O2/c1-24(2)20-14-15-25(24,3)22-21(20)23(28)27(18-10-12-19(29-4)13-11-18)26(22)16-17-8-6-5-7-9-17/h5-13,20H,14-16H2,1-4H3/t20-,25+/m1/s1. The van der Waals surface area contributed by atoms with Gasteiger partial charge < -0.3 is 4.74 Å². The second-order valence-electron chi connectivity index (χ2n) is 9.27. The SMILES string of the molecule is COc1ccc(-n2c(=O)c3c(n2Cc2ccccc2)[C@]2(C)CC[C@H]3C2(C)C)cc1. The minimum Gasteiger partial charge on any atom is -0.497 e. The van der Waals surface area contributed by atoms with Crippen LogP contribution in [0.1, 0.15) is 56.4 Å². The lowest BCUT2D eigenvalue weighted by atomic mass is 9.70. The summed E-state index contributed by atoms with van der Waals surface area (Å²) < 4.78 is 9.45. The molecule has 1 fully saturated rings. The van der Waals surface area contributed by atoms with Crippen LogP contribution in [0.5, 0.6) is 5.75 Å². The Morgan fingerprint density at radius 1 is 1.03 bits per heavy atom. The normalized spacial score (nSPS) is 23.9. The molecule has 1 saturated carbocycles. The maximum atomic E-state index is 13.8. The van der Waals surface area contributed by atoms with Crippen LogP contribution in [-0.2, 0) is 12.0 Å². The van der Waals surface area contributed by atoms with Crippen LogP contribution in [0.3, 0.4) is 0 Å². The monoisotopic (exact) mass is 388 g/mol. The smallest absolute Gasteiger partial charge is 0.275 e. The Morgan fingerprint density at radius 3 is 2.38 bits per heavy atom. The van der Waals surface area contributed by atoms with Crippen molar-refractivity contribution < 1.29 is 4.74 Å². The fraction of sp³-hybridized carbons (Fsp3) is 0.400. The Balaban J connectivity index is 1.76. The number of benzene rings is 2. The van der Waals surface area contributed by atoms with Gasteiger partial charge in [-0.2, -0.15) is 0 Å². The molecule has 2 bridgehead atoms. The highest BCUT2D eigenvalue weighted by Crippen LogP contribution is 2.67. The van der Waals surface area contributed by atoms with Gasteiger partial charge in [0.25, 0.3) is 5.56 Å². The minimum atomic E-state index is 0.0126. The number of ether oxygens (including phenoxy) is 1.